The molecule has 5 rings (SSSR count). The molecule has 2 amide bonds. The number of nitrogens with zero attached hydrogens (tertiary/aromatic N) is 3. The molecule has 2 N–H and O–H groups in total. The first-order valence-corrected chi connectivity index (χ1v) is 13.1. The maximum atomic E-state index is 12.3. The van der Waals surface area contributed by atoms with Crippen LogP contribution in [0.5, 0.6) is 5.75 Å². The summed E-state index contributed by atoms with van der Waals surface area (Å²) >= 11 is 1.14. The van der Waals surface area contributed by atoms with Crippen molar-refractivity contribution in [3.05, 3.63) is 118 Å². The highest BCUT2D eigenvalue weighted by molar-refractivity contribution is 7.15. The van der Waals surface area contributed by atoms with E-state index in [1.807, 2.05) is 61.5 Å². The SMILES string of the molecule is Cc1ccc(C(=O)Nc2nnc(CC(=O)N/N=C\c3cccc(OCc4cccc5ccccc45)c3)s2)cc1. The Morgan fingerprint density at radius 3 is 2.62 bits per heavy atom. The highest BCUT2D eigenvalue weighted by atomic mass is 32.1. The average molecular weight is 536 g/mol. The van der Waals surface area contributed by atoms with Gasteiger partial charge in [0, 0.05) is 5.56 Å². The number of ether oxygens (including phenoxy) is 1. The maximum absolute atomic E-state index is 12.3. The van der Waals surface area contributed by atoms with E-state index in [1.165, 1.54) is 5.39 Å². The van der Waals surface area contributed by atoms with E-state index in [2.05, 4.69) is 50.3 Å². The molecule has 0 unspecified atom stereocenters. The van der Waals surface area contributed by atoms with Crippen molar-refractivity contribution in [2.45, 2.75) is 20.0 Å². The third kappa shape index (κ3) is 6.91. The quantitative estimate of drug-likeness (QED) is 0.191. The molecule has 39 heavy (non-hydrogen) atoms. The second-order valence-electron chi connectivity index (χ2n) is 8.79. The predicted molar refractivity (Wildman–Crippen MR) is 153 cm³/mol. The van der Waals surface area contributed by atoms with Crippen LogP contribution in [0.25, 0.3) is 10.8 Å². The lowest BCUT2D eigenvalue weighted by Gasteiger charge is -2.09. The number of fused-ring (bicyclic) bond motifs is 1. The Bertz CT molecular complexity index is 1640. The number of hydrazone groups is 1. The first-order valence-electron chi connectivity index (χ1n) is 12.3. The third-order valence-corrected chi connectivity index (χ3v) is 6.69. The van der Waals surface area contributed by atoms with Crippen molar-refractivity contribution in [2.24, 2.45) is 5.10 Å². The molecule has 1 aromatic heterocycles. The van der Waals surface area contributed by atoms with E-state index in [0.717, 1.165) is 33.4 Å². The standard InChI is InChI=1S/C30H25N5O3S/c1-20-12-14-23(15-13-20)29(37)32-30-35-34-28(39-30)17-27(36)33-31-18-21-6-4-10-25(16-21)38-19-24-9-5-8-22-7-2-3-11-26(22)24/h2-16,18H,17,19H2,1H3,(H,33,36)(H,32,35,37)/b31-18-. The van der Waals surface area contributed by atoms with Crippen LogP contribution >= 0.6 is 11.3 Å². The summed E-state index contributed by atoms with van der Waals surface area (Å²) in [6.45, 7) is 2.39. The Morgan fingerprint density at radius 2 is 1.74 bits per heavy atom. The lowest BCUT2D eigenvalue weighted by Crippen LogP contribution is -2.19. The number of nitrogens with one attached hydrogen (secondary N) is 2. The molecular weight excluding hydrogens is 510 g/mol. The lowest BCUT2D eigenvalue weighted by molar-refractivity contribution is -0.120. The monoisotopic (exact) mass is 535 g/mol. The number of hydrogen-bond acceptors (Lipinski definition) is 7. The summed E-state index contributed by atoms with van der Waals surface area (Å²) in [5.41, 5.74) is 5.97. The lowest BCUT2D eigenvalue weighted by atomic mass is 10.1. The van der Waals surface area contributed by atoms with Crippen molar-refractivity contribution in [3.8, 4) is 5.75 Å². The average Bonchev–Trinajstić information content (AvgIpc) is 3.38. The molecule has 0 saturated heterocycles. The van der Waals surface area contributed by atoms with Gasteiger partial charge in [-0.2, -0.15) is 5.10 Å². The van der Waals surface area contributed by atoms with Crippen molar-refractivity contribution in [2.75, 3.05) is 5.32 Å². The number of amides is 2. The molecule has 0 atom stereocenters. The van der Waals surface area contributed by atoms with Gasteiger partial charge in [0.25, 0.3) is 5.91 Å². The number of carbonyl (C=O) groups is 2. The fraction of sp³-hybridized carbons (Fsp3) is 0.100. The summed E-state index contributed by atoms with van der Waals surface area (Å²) in [7, 11) is 0. The zero-order valence-electron chi connectivity index (χ0n) is 21.1. The first kappa shape index (κ1) is 25.7. The summed E-state index contributed by atoms with van der Waals surface area (Å²) in [4.78, 5) is 24.7. The summed E-state index contributed by atoms with van der Waals surface area (Å²) in [6, 6.07) is 29.1. The molecule has 1 heterocycles. The van der Waals surface area contributed by atoms with E-state index in [0.29, 0.717) is 28.1 Å². The number of benzene rings is 4. The highest BCUT2D eigenvalue weighted by Crippen LogP contribution is 2.21. The zero-order chi connectivity index (χ0) is 27.0. The minimum Gasteiger partial charge on any atom is -0.489 e. The van der Waals surface area contributed by atoms with E-state index in [4.69, 9.17) is 4.74 Å². The van der Waals surface area contributed by atoms with E-state index in [9.17, 15) is 9.59 Å². The molecule has 0 radical (unpaired) electrons. The van der Waals surface area contributed by atoms with E-state index < -0.39 is 0 Å². The smallest absolute Gasteiger partial charge is 0.257 e. The fourth-order valence-electron chi connectivity index (χ4n) is 3.87. The van der Waals surface area contributed by atoms with Crippen LogP contribution in [-0.4, -0.2) is 28.2 Å². The molecule has 8 nitrogen and oxygen atoms in total. The fourth-order valence-corrected chi connectivity index (χ4v) is 4.60. The largest absolute Gasteiger partial charge is 0.489 e. The number of carbonyl (C=O) groups excluding carboxylic acids is 2. The molecule has 0 saturated carbocycles. The minimum atomic E-state index is -0.345. The maximum Gasteiger partial charge on any atom is 0.257 e. The summed E-state index contributed by atoms with van der Waals surface area (Å²) in [5.74, 6) is 0.0736. The van der Waals surface area contributed by atoms with Gasteiger partial charge in [0.2, 0.25) is 11.0 Å². The summed E-state index contributed by atoms with van der Waals surface area (Å²) in [6.07, 6.45) is 1.54. The minimum absolute atomic E-state index is 0.0103. The van der Waals surface area contributed by atoms with Gasteiger partial charge in [-0.1, -0.05) is 83.6 Å². The van der Waals surface area contributed by atoms with Crippen molar-refractivity contribution in [3.63, 3.8) is 0 Å². The van der Waals surface area contributed by atoms with E-state index in [1.54, 1.807) is 18.3 Å². The van der Waals surface area contributed by atoms with E-state index in [-0.39, 0.29) is 18.2 Å². The van der Waals surface area contributed by atoms with Gasteiger partial charge in [0.1, 0.15) is 17.4 Å². The van der Waals surface area contributed by atoms with Gasteiger partial charge in [-0.3, -0.25) is 14.9 Å². The van der Waals surface area contributed by atoms with Gasteiger partial charge in [-0.05, 0) is 53.1 Å². The van der Waals surface area contributed by atoms with Crippen molar-refractivity contribution in [1.29, 1.82) is 0 Å². The van der Waals surface area contributed by atoms with Crippen LogP contribution in [0, 0.1) is 6.92 Å². The van der Waals surface area contributed by atoms with E-state index >= 15 is 0 Å². The Kier molecular flexibility index (Phi) is 7.99. The second-order valence-corrected chi connectivity index (χ2v) is 9.85. The van der Waals surface area contributed by atoms with Gasteiger partial charge < -0.3 is 4.74 Å². The Hall–Kier alpha value is -4.89. The van der Waals surface area contributed by atoms with Crippen LogP contribution < -0.4 is 15.5 Å². The van der Waals surface area contributed by atoms with Gasteiger partial charge >= 0.3 is 0 Å². The molecule has 194 valence electrons. The van der Waals surface area contributed by atoms with Gasteiger partial charge in [0.05, 0.1) is 12.6 Å². The Labute approximate surface area is 229 Å². The van der Waals surface area contributed by atoms with Crippen molar-refractivity contribution >= 4 is 45.3 Å². The molecule has 0 bridgehead atoms. The molecular formula is C30H25N5O3S. The van der Waals surface area contributed by atoms with Crippen LogP contribution in [0.2, 0.25) is 0 Å². The molecule has 4 aromatic carbocycles. The number of aryl methyl sites for hydroxylation is 1. The molecule has 0 aliphatic rings. The van der Waals surface area contributed by atoms with Gasteiger partial charge in [-0.25, -0.2) is 5.43 Å². The molecule has 5 aromatic rings. The second kappa shape index (κ2) is 12.1. The third-order valence-electron chi connectivity index (χ3n) is 5.85. The van der Waals surface area contributed by atoms with Crippen molar-refractivity contribution < 1.29 is 14.3 Å². The number of hydrogen-bond donors (Lipinski definition) is 2. The van der Waals surface area contributed by atoms with Crippen LogP contribution in [-0.2, 0) is 17.8 Å². The van der Waals surface area contributed by atoms with Crippen LogP contribution in [0.1, 0.15) is 32.1 Å². The number of rotatable bonds is 9. The van der Waals surface area contributed by atoms with Gasteiger partial charge in [-0.15, -0.1) is 10.2 Å². The normalized spacial score (nSPS) is 11.0. The molecule has 0 aliphatic carbocycles. The molecule has 0 spiro atoms. The predicted octanol–water partition coefficient (Wildman–Crippen LogP) is 5.52. The first-order chi connectivity index (χ1) is 19.0. The van der Waals surface area contributed by atoms with Crippen LogP contribution in [0.4, 0.5) is 5.13 Å². The number of aromatic nitrogens is 2. The van der Waals surface area contributed by atoms with Crippen LogP contribution in [0.15, 0.2) is 96.1 Å². The number of anilines is 1. The summed E-state index contributed by atoms with van der Waals surface area (Å²) < 4.78 is 6.02. The Morgan fingerprint density at radius 1 is 0.949 bits per heavy atom. The summed E-state index contributed by atoms with van der Waals surface area (Å²) in [5, 5.41) is 17.8. The molecule has 0 fully saturated rings. The zero-order valence-corrected chi connectivity index (χ0v) is 21.9. The topological polar surface area (TPSA) is 106 Å². The molecule has 9 heteroatoms. The van der Waals surface area contributed by atoms with Crippen LogP contribution in [0.3, 0.4) is 0 Å². The van der Waals surface area contributed by atoms with Gasteiger partial charge in [0.15, 0.2) is 0 Å². The molecule has 0 aliphatic heterocycles. The highest BCUT2D eigenvalue weighted by Gasteiger charge is 2.12. The van der Waals surface area contributed by atoms with Crippen molar-refractivity contribution in [1.82, 2.24) is 15.6 Å². The Balaban J connectivity index is 1.11.